The smallest absolute Gasteiger partial charge is 0.0915 e. The van der Waals surface area contributed by atoms with Crippen LogP contribution in [-0.2, 0) is 0 Å². The predicted molar refractivity (Wildman–Crippen MR) is 71.0 cm³/mol. The van der Waals surface area contributed by atoms with Gasteiger partial charge in [-0.15, -0.1) is 0 Å². The Hall–Kier alpha value is -0.380. The van der Waals surface area contributed by atoms with E-state index in [0.717, 1.165) is 12.0 Å². The van der Waals surface area contributed by atoms with Crippen LogP contribution >= 0.6 is 0 Å². The van der Waals surface area contributed by atoms with E-state index < -0.39 is 17.3 Å². The summed E-state index contributed by atoms with van der Waals surface area (Å²) in [5.74, 6) is 0.228. The molecule has 2 aliphatic carbocycles. The van der Waals surface area contributed by atoms with Gasteiger partial charge in [0.15, 0.2) is 0 Å². The third-order valence-electron chi connectivity index (χ3n) is 5.10. The lowest BCUT2D eigenvalue weighted by molar-refractivity contribution is -0.112. The predicted octanol–water partition coefficient (Wildman–Crippen LogP) is 1.86. The molecule has 3 heteroatoms. The van der Waals surface area contributed by atoms with Crippen molar-refractivity contribution in [1.29, 1.82) is 0 Å². The van der Waals surface area contributed by atoms with Crippen molar-refractivity contribution in [2.24, 2.45) is 17.8 Å². The van der Waals surface area contributed by atoms with E-state index >= 15 is 0 Å². The van der Waals surface area contributed by atoms with Crippen LogP contribution in [0.3, 0.4) is 0 Å². The molecule has 104 valence electrons. The van der Waals surface area contributed by atoms with Gasteiger partial charge in [0, 0.05) is 5.92 Å². The zero-order chi connectivity index (χ0) is 13.7. The van der Waals surface area contributed by atoms with Crippen LogP contribution in [0.25, 0.3) is 0 Å². The Morgan fingerprint density at radius 2 is 1.89 bits per heavy atom. The molecule has 3 N–H and O–H groups in total. The lowest BCUT2D eigenvalue weighted by atomic mass is 9.76. The molecule has 2 rings (SSSR count). The maximum absolute atomic E-state index is 10.6. The highest BCUT2D eigenvalue weighted by Crippen LogP contribution is 2.50. The molecule has 2 aliphatic rings. The summed E-state index contributed by atoms with van der Waals surface area (Å²) in [6.07, 6.45) is 3.34. The highest BCUT2D eigenvalue weighted by molar-refractivity contribution is 5.21. The van der Waals surface area contributed by atoms with E-state index in [2.05, 4.69) is 19.9 Å². The molecular weight excluding hydrogens is 228 g/mol. The fraction of sp³-hybridized carbons (Fsp3) is 0.867. The quantitative estimate of drug-likeness (QED) is 0.626. The van der Waals surface area contributed by atoms with Crippen molar-refractivity contribution in [3.8, 4) is 0 Å². The molecule has 1 fully saturated rings. The van der Waals surface area contributed by atoms with Crippen LogP contribution in [0.4, 0.5) is 0 Å². The largest absolute Gasteiger partial charge is 0.390 e. The fourth-order valence-electron chi connectivity index (χ4n) is 3.58. The van der Waals surface area contributed by atoms with Crippen molar-refractivity contribution in [2.75, 3.05) is 0 Å². The van der Waals surface area contributed by atoms with Crippen LogP contribution in [0.5, 0.6) is 0 Å². The highest BCUT2D eigenvalue weighted by atomic mass is 16.3. The summed E-state index contributed by atoms with van der Waals surface area (Å²) < 4.78 is 0. The Balaban J connectivity index is 2.43. The van der Waals surface area contributed by atoms with Gasteiger partial charge in [0.1, 0.15) is 0 Å². The molecule has 0 heterocycles. The molecule has 0 saturated heterocycles. The standard InChI is InChI=1S/C15H26O3/c1-9(2)10-7-12-11(5-6-14(12,3)17)15(4,18)13(16)8-10/h7,9,11-13,16-18H,5-6,8H2,1-4H3. The number of hydrogen-bond acceptors (Lipinski definition) is 3. The van der Waals surface area contributed by atoms with E-state index in [1.165, 1.54) is 0 Å². The molecule has 0 aliphatic heterocycles. The molecular formula is C15H26O3. The summed E-state index contributed by atoms with van der Waals surface area (Å²) in [6, 6.07) is 0. The maximum atomic E-state index is 10.6. The number of rotatable bonds is 1. The first kappa shape index (κ1) is 14.0. The van der Waals surface area contributed by atoms with Crippen molar-refractivity contribution in [1.82, 2.24) is 0 Å². The molecule has 1 saturated carbocycles. The van der Waals surface area contributed by atoms with E-state index in [0.29, 0.717) is 18.8 Å². The Kier molecular flexibility index (Phi) is 3.37. The normalized spacial score (nSPS) is 48.9. The molecule has 0 spiro atoms. The van der Waals surface area contributed by atoms with Crippen LogP contribution in [0.1, 0.15) is 47.0 Å². The first-order chi connectivity index (χ1) is 8.16. The summed E-state index contributed by atoms with van der Waals surface area (Å²) in [6.45, 7) is 7.75. The number of hydrogen-bond donors (Lipinski definition) is 3. The molecule has 5 atom stereocenters. The molecule has 0 amide bonds. The van der Waals surface area contributed by atoms with Crippen LogP contribution in [0.15, 0.2) is 11.6 Å². The highest BCUT2D eigenvalue weighted by Gasteiger charge is 2.53. The fourth-order valence-corrected chi connectivity index (χ4v) is 3.58. The summed E-state index contributed by atoms with van der Waals surface area (Å²) in [7, 11) is 0. The number of aliphatic hydroxyl groups excluding tert-OH is 1. The zero-order valence-electron chi connectivity index (χ0n) is 11.8. The SMILES string of the molecule is CC(C)C1=CC2C(CCC2(C)O)C(C)(O)C(O)C1. The Bertz CT molecular complexity index is 355. The van der Waals surface area contributed by atoms with E-state index in [9.17, 15) is 15.3 Å². The van der Waals surface area contributed by atoms with Crippen molar-refractivity contribution < 1.29 is 15.3 Å². The van der Waals surface area contributed by atoms with Crippen LogP contribution in [0.2, 0.25) is 0 Å². The van der Waals surface area contributed by atoms with Gasteiger partial charge in [0.05, 0.1) is 17.3 Å². The topological polar surface area (TPSA) is 60.7 Å². The van der Waals surface area contributed by atoms with Gasteiger partial charge in [-0.3, -0.25) is 0 Å². The van der Waals surface area contributed by atoms with Gasteiger partial charge in [0.2, 0.25) is 0 Å². The summed E-state index contributed by atoms with van der Waals surface area (Å²) >= 11 is 0. The molecule has 0 radical (unpaired) electrons. The van der Waals surface area contributed by atoms with E-state index in [-0.39, 0.29) is 11.8 Å². The molecule has 5 unspecified atom stereocenters. The number of fused-ring (bicyclic) bond motifs is 1. The average Bonchev–Trinajstić information content (AvgIpc) is 2.47. The lowest BCUT2D eigenvalue weighted by Gasteiger charge is -2.37. The summed E-state index contributed by atoms with van der Waals surface area (Å²) in [4.78, 5) is 0. The van der Waals surface area contributed by atoms with Crippen molar-refractivity contribution in [3.63, 3.8) is 0 Å². The Morgan fingerprint density at radius 1 is 1.28 bits per heavy atom. The van der Waals surface area contributed by atoms with Gasteiger partial charge in [-0.05, 0) is 44.9 Å². The monoisotopic (exact) mass is 254 g/mol. The van der Waals surface area contributed by atoms with Crippen LogP contribution in [-0.4, -0.2) is 32.6 Å². The summed E-state index contributed by atoms with van der Waals surface area (Å²) in [5, 5.41) is 31.4. The first-order valence-corrected chi connectivity index (χ1v) is 6.99. The van der Waals surface area contributed by atoms with Gasteiger partial charge in [0.25, 0.3) is 0 Å². The minimum atomic E-state index is -1.11. The van der Waals surface area contributed by atoms with Gasteiger partial charge < -0.3 is 15.3 Å². The molecule has 0 aromatic carbocycles. The maximum Gasteiger partial charge on any atom is 0.0915 e. The zero-order valence-corrected chi connectivity index (χ0v) is 11.8. The van der Waals surface area contributed by atoms with Gasteiger partial charge in [-0.25, -0.2) is 0 Å². The third-order valence-corrected chi connectivity index (χ3v) is 5.10. The minimum Gasteiger partial charge on any atom is -0.390 e. The number of aliphatic hydroxyl groups is 3. The van der Waals surface area contributed by atoms with Gasteiger partial charge in [-0.2, -0.15) is 0 Å². The van der Waals surface area contributed by atoms with Crippen molar-refractivity contribution >= 4 is 0 Å². The Morgan fingerprint density at radius 3 is 2.44 bits per heavy atom. The second kappa shape index (κ2) is 4.32. The van der Waals surface area contributed by atoms with Crippen LogP contribution < -0.4 is 0 Å². The molecule has 18 heavy (non-hydrogen) atoms. The van der Waals surface area contributed by atoms with Crippen LogP contribution in [0, 0.1) is 17.8 Å². The third kappa shape index (κ3) is 2.13. The average molecular weight is 254 g/mol. The lowest BCUT2D eigenvalue weighted by Crippen LogP contribution is -2.48. The van der Waals surface area contributed by atoms with Gasteiger partial charge in [-0.1, -0.05) is 25.5 Å². The summed E-state index contributed by atoms with van der Waals surface area (Å²) in [5.41, 5.74) is -0.727. The molecule has 0 aromatic rings. The van der Waals surface area contributed by atoms with Gasteiger partial charge >= 0.3 is 0 Å². The first-order valence-electron chi connectivity index (χ1n) is 6.99. The second-order valence-electron chi connectivity index (χ2n) is 6.87. The molecule has 0 bridgehead atoms. The van der Waals surface area contributed by atoms with E-state index in [4.69, 9.17) is 0 Å². The second-order valence-corrected chi connectivity index (χ2v) is 6.87. The molecule has 3 nitrogen and oxygen atoms in total. The van der Waals surface area contributed by atoms with Crippen molar-refractivity contribution in [3.05, 3.63) is 11.6 Å². The van der Waals surface area contributed by atoms with E-state index in [1.807, 2.05) is 6.92 Å². The van der Waals surface area contributed by atoms with E-state index in [1.54, 1.807) is 6.92 Å². The Labute approximate surface area is 110 Å². The van der Waals surface area contributed by atoms with Crippen molar-refractivity contribution in [2.45, 2.75) is 64.3 Å². The minimum absolute atomic E-state index is 0.0537. The molecule has 0 aromatic heterocycles.